The second-order valence-corrected chi connectivity index (χ2v) is 7.30. The van der Waals surface area contributed by atoms with Crippen LogP contribution in [0.1, 0.15) is 48.2 Å². The number of aromatic amines is 2. The van der Waals surface area contributed by atoms with Gasteiger partial charge < -0.3 is 21.1 Å². The minimum absolute atomic E-state index is 0.0416. The fraction of sp³-hybridized carbons (Fsp3) is 0.300. The minimum Gasteiger partial charge on any atom is -0.480 e. The van der Waals surface area contributed by atoms with Crippen LogP contribution in [0, 0.1) is 5.92 Å². The number of aliphatic carboxylic acids is 1. The molecule has 2 atom stereocenters. The molecule has 2 heterocycles. The molecule has 3 rings (SSSR count). The zero-order valence-corrected chi connectivity index (χ0v) is 16.3. The van der Waals surface area contributed by atoms with Crippen molar-refractivity contribution in [3.8, 4) is 0 Å². The predicted octanol–water partition coefficient (Wildman–Crippen LogP) is 1.82. The molecule has 29 heavy (non-hydrogen) atoms. The molecule has 1 amide bonds. The van der Waals surface area contributed by atoms with Gasteiger partial charge in [0.15, 0.2) is 0 Å². The monoisotopic (exact) mass is 397 g/mol. The van der Waals surface area contributed by atoms with Crippen LogP contribution in [-0.2, 0) is 4.79 Å². The highest BCUT2D eigenvalue weighted by Gasteiger charge is 2.24. The Morgan fingerprint density at radius 3 is 2.41 bits per heavy atom. The van der Waals surface area contributed by atoms with Gasteiger partial charge in [-0.05, 0) is 29.2 Å². The first-order valence-corrected chi connectivity index (χ1v) is 9.19. The molecule has 0 radical (unpaired) electrons. The highest BCUT2D eigenvalue weighted by Crippen LogP contribution is 2.28. The van der Waals surface area contributed by atoms with E-state index >= 15 is 0 Å². The molecule has 9 nitrogen and oxygen atoms in total. The predicted molar refractivity (Wildman–Crippen MR) is 109 cm³/mol. The summed E-state index contributed by atoms with van der Waals surface area (Å²) in [6.45, 7) is 5.40. The van der Waals surface area contributed by atoms with Crippen LogP contribution >= 0.6 is 0 Å². The summed E-state index contributed by atoms with van der Waals surface area (Å²) >= 11 is 0. The van der Waals surface area contributed by atoms with E-state index in [0.29, 0.717) is 16.6 Å². The number of carboxylic acids is 1. The van der Waals surface area contributed by atoms with Gasteiger partial charge in [-0.25, -0.2) is 4.79 Å². The maximum atomic E-state index is 12.4. The molecule has 9 heteroatoms. The van der Waals surface area contributed by atoms with Gasteiger partial charge in [0.05, 0.1) is 5.39 Å². The Morgan fingerprint density at radius 2 is 1.83 bits per heavy atom. The molecular weight excluding hydrogens is 374 g/mol. The fourth-order valence-corrected chi connectivity index (χ4v) is 3.26. The second kappa shape index (κ2) is 7.78. The third-order valence-electron chi connectivity index (χ3n) is 4.95. The summed E-state index contributed by atoms with van der Waals surface area (Å²) in [5, 5.41) is 12.2. The number of carboxylic acid groups (broad SMARTS) is 1. The first-order valence-electron chi connectivity index (χ1n) is 9.19. The highest BCUT2D eigenvalue weighted by atomic mass is 16.4. The van der Waals surface area contributed by atoms with Crippen molar-refractivity contribution in [1.29, 1.82) is 0 Å². The summed E-state index contributed by atoms with van der Waals surface area (Å²) < 4.78 is 0. The normalized spacial score (nSPS) is 13.4. The molecule has 0 saturated heterocycles. The van der Waals surface area contributed by atoms with E-state index in [-0.39, 0.29) is 23.3 Å². The van der Waals surface area contributed by atoms with Gasteiger partial charge in [0, 0.05) is 17.7 Å². The number of nitrogens with one attached hydrogen (secondary N) is 3. The van der Waals surface area contributed by atoms with Crippen molar-refractivity contribution >= 4 is 28.9 Å². The second-order valence-electron chi connectivity index (χ2n) is 7.30. The summed E-state index contributed by atoms with van der Waals surface area (Å²) in [5.41, 5.74) is 7.68. The smallest absolute Gasteiger partial charge is 0.326 e. The van der Waals surface area contributed by atoms with Gasteiger partial charge in [-0.15, -0.1) is 0 Å². The van der Waals surface area contributed by atoms with Crippen molar-refractivity contribution < 1.29 is 14.7 Å². The lowest BCUT2D eigenvalue weighted by atomic mass is 9.92. The molecule has 1 unspecified atom stereocenters. The number of benzene rings is 1. The van der Waals surface area contributed by atoms with Crippen LogP contribution in [0.25, 0.3) is 11.0 Å². The summed E-state index contributed by atoms with van der Waals surface area (Å²) in [6.07, 6.45) is 1.72. The number of rotatable bonds is 6. The number of nitrogens with zero attached hydrogens (tertiary/aromatic N) is 1. The SMILES string of the molecule is CC(c1ccc(C(=O)N[C@H](C(=O)O)C(C)C)cc1)c1c[nH]c2nc(N)[nH]c(=O)c12. The maximum Gasteiger partial charge on any atom is 0.326 e. The molecule has 0 spiro atoms. The Morgan fingerprint density at radius 1 is 1.17 bits per heavy atom. The van der Waals surface area contributed by atoms with Crippen molar-refractivity contribution in [2.24, 2.45) is 5.92 Å². The molecule has 0 bridgehead atoms. The van der Waals surface area contributed by atoms with E-state index < -0.39 is 17.9 Å². The van der Waals surface area contributed by atoms with Crippen LogP contribution in [0.2, 0.25) is 0 Å². The average molecular weight is 397 g/mol. The summed E-state index contributed by atoms with van der Waals surface area (Å²) in [7, 11) is 0. The van der Waals surface area contributed by atoms with Crippen LogP contribution in [-0.4, -0.2) is 38.0 Å². The van der Waals surface area contributed by atoms with Crippen LogP contribution in [0.15, 0.2) is 35.3 Å². The first kappa shape index (κ1) is 20.1. The zero-order valence-electron chi connectivity index (χ0n) is 16.3. The van der Waals surface area contributed by atoms with Crippen LogP contribution < -0.4 is 16.6 Å². The number of carbonyl (C=O) groups is 2. The Hall–Kier alpha value is -3.62. The number of H-pyrrole nitrogens is 2. The standard InChI is InChI=1S/C20H23N5O4/c1-9(2)15(19(28)29)23-17(26)12-6-4-11(5-7-12)10(3)13-8-22-16-14(13)18(27)25-20(21)24-16/h4-10,15H,1-3H3,(H,23,26)(H,28,29)(H4,21,22,24,25,27)/t10?,15-/m0/s1. The molecule has 2 aromatic heterocycles. The van der Waals surface area contributed by atoms with E-state index in [1.54, 1.807) is 44.3 Å². The van der Waals surface area contributed by atoms with Gasteiger partial charge in [-0.3, -0.25) is 14.6 Å². The molecule has 0 saturated carbocycles. The molecule has 6 N–H and O–H groups in total. The quantitative estimate of drug-likeness (QED) is 0.427. The van der Waals surface area contributed by atoms with E-state index in [4.69, 9.17) is 5.73 Å². The van der Waals surface area contributed by atoms with Crippen molar-refractivity contribution in [2.45, 2.75) is 32.7 Å². The molecule has 0 aliphatic rings. The molecule has 3 aromatic rings. The van der Waals surface area contributed by atoms with Crippen LogP contribution in [0.4, 0.5) is 5.95 Å². The summed E-state index contributed by atoms with van der Waals surface area (Å²) in [4.78, 5) is 45.5. The molecule has 0 fully saturated rings. The van der Waals surface area contributed by atoms with Crippen LogP contribution in [0.3, 0.4) is 0 Å². The number of anilines is 1. The van der Waals surface area contributed by atoms with E-state index in [1.807, 2.05) is 6.92 Å². The average Bonchev–Trinajstić information content (AvgIpc) is 3.09. The number of hydrogen-bond donors (Lipinski definition) is 5. The molecule has 0 aliphatic carbocycles. The van der Waals surface area contributed by atoms with Crippen molar-refractivity contribution in [1.82, 2.24) is 20.3 Å². The molecule has 0 aliphatic heterocycles. The number of aromatic nitrogens is 3. The Kier molecular flexibility index (Phi) is 5.40. The number of fused-ring (bicyclic) bond motifs is 1. The van der Waals surface area contributed by atoms with E-state index in [9.17, 15) is 19.5 Å². The van der Waals surface area contributed by atoms with Gasteiger partial charge in [-0.2, -0.15) is 4.98 Å². The topological polar surface area (TPSA) is 154 Å². The summed E-state index contributed by atoms with van der Waals surface area (Å²) in [6, 6.07) is 5.87. The lowest BCUT2D eigenvalue weighted by Crippen LogP contribution is -2.44. The van der Waals surface area contributed by atoms with E-state index in [0.717, 1.165) is 11.1 Å². The van der Waals surface area contributed by atoms with Crippen molar-refractivity contribution in [3.63, 3.8) is 0 Å². The third kappa shape index (κ3) is 3.98. The maximum absolute atomic E-state index is 12.4. The number of hydrogen-bond acceptors (Lipinski definition) is 5. The lowest BCUT2D eigenvalue weighted by molar-refractivity contribution is -0.140. The number of nitrogens with two attached hydrogens (primary N) is 1. The first-order chi connectivity index (χ1) is 13.7. The van der Waals surface area contributed by atoms with Gasteiger partial charge in [0.1, 0.15) is 11.7 Å². The zero-order chi connectivity index (χ0) is 21.3. The van der Waals surface area contributed by atoms with Gasteiger partial charge in [0.2, 0.25) is 5.95 Å². The third-order valence-corrected chi connectivity index (χ3v) is 4.95. The largest absolute Gasteiger partial charge is 0.480 e. The molecular formula is C20H23N5O4. The van der Waals surface area contributed by atoms with Gasteiger partial charge in [0.25, 0.3) is 11.5 Å². The van der Waals surface area contributed by atoms with Crippen molar-refractivity contribution in [2.75, 3.05) is 5.73 Å². The van der Waals surface area contributed by atoms with Crippen molar-refractivity contribution in [3.05, 3.63) is 57.5 Å². The number of carbonyl (C=O) groups excluding carboxylic acids is 1. The molecule has 1 aromatic carbocycles. The van der Waals surface area contributed by atoms with Gasteiger partial charge >= 0.3 is 5.97 Å². The highest BCUT2D eigenvalue weighted by molar-refractivity contribution is 5.96. The van der Waals surface area contributed by atoms with E-state index in [1.165, 1.54) is 0 Å². The Balaban J connectivity index is 1.84. The fourth-order valence-electron chi connectivity index (χ4n) is 3.26. The van der Waals surface area contributed by atoms with Crippen LogP contribution in [0.5, 0.6) is 0 Å². The molecule has 152 valence electrons. The lowest BCUT2D eigenvalue weighted by Gasteiger charge is -2.18. The number of nitrogen functional groups attached to an aromatic ring is 1. The number of amides is 1. The van der Waals surface area contributed by atoms with E-state index in [2.05, 4.69) is 20.3 Å². The Bertz CT molecular complexity index is 1110. The van der Waals surface area contributed by atoms with Gasteiger partial charge in [-0.1, -0.05) is 32.9 Å². The minimum atomic E-state index is -1.07. The summed E-state index contributed by atoms with van der Waals surface area (Å²) in [5.74, 6) is -1.86. The Labute approximate surface area is 166 Å².